The summed E-state index contributed by atoms with van der Waals surface area (Å²) in [7, 11) is 0. The van der Waals surface area contributed by atoms with Gasteiger partial charge in [0.2, 0.25) is 0 Å². The van der Waals surface area contributed by atoms with Gasteiger partial charge in [-0.25, -0.2) is 9.07 Å². The minimum atomic E-state index is -2.83. The number of aromatic amines is 1. The van der Waals surface area contributed by atoms with Gasteiger partial charge < -0.3 is 9.67 Å². The lowest BCUT2D eigenvalue weighted by Gasteiger charge is -2.05. The van der Waals surface area contributed by atoms with Gasteiger partial charge in [0.15, 0.2) is 0 Å². The average molecular weight is 321 g/mol. The number of aliphatic hydroxyl groups excluding tert-OH is 1. The fourth-order valence-corrected chi connectivity index (χ4v) is 2.76. The van der Waals surface area contributed by atoms with Gasteiger partial charge >= 0.3 is 6.55 Å². The number of hydrogen-bond acceptors (Lipinski definition) is 3. The van der Waals surface area contributed by atoms with E-state index in [0.29, 0.717) is 32.3 Å². The molecule has 0 amide bonds. The van der Waals surface area contributed by atoms with Gasteiger partial charge in [0, 0.05) is 5.39 Å². The molecular formula is C14H10F3N5O. The summed E-state index contributed by atoms with van der Waals surface area (Å²) in [6.07, 6.45) is 2.65. The molecule has 4 rings (SSSR count). The highest BCUT2D eigenvalue weighted by Gasteiger charge is 2.20. The predicted molar refractivity (Wildman–Crippen MR) is 75.8 cm³/mol. The van der Waals surface area contributed by atoms with Crippen molar-refractivity contribution in [2.45, 2.75) is 13.2 Å². The van der Waals surface area contributed by atoms with E-state index >= 15 is 0 Å². The Balaban J connectivity index is 2.10. The zero-order valence-corrected chi connectivity index (χ0v) is 11.5. The fraction of sp³-hybridized carbons (Fsp3) is 0.143. The predicted octanol–water partition coefficient (Wildman–Crippen LogP) is 2.73. The van der Waals surface area contributed by atoms with Crippen LogP contribution in [0.3, 0.4) is 0 Å². The van der Waals surface area contributed by atoms with Gasteiger partial charge in [0.1, 0.15) is 11.5 Å². The van der Waals surface area contributed by atoms with Crippen LogP contribution in [0, 0.1) is 5.82 Å². The average Bonchev–Trinajstić information content (AvgIpc) is 3.20. The van der Waals surface area contributed by atoms with Crippen molar-refractivity contribution in [3.05, 3.63) is 42.1 Å². The topological polar surface area (TPSA) is 71.7 Å². The summed E-state index contributed by atoms with van der Waals surface area (Å²) < 4.78 is 41.4. The molecule has 0 saturated carbocycles. The van der Waals surface area contributed by atoms with E-state index in [9.17, 15) is 18.3 Å². The maximum Gasteiger partial charge on any atom is 0.333 e. The Morgan fingerprint density at radius 1 is 1.26 bits per heavy atom. The van der Waals surface area contributed by atoms with Crippen LogP contribution in [0.15, 0.2) is 30.6 Å². The quantitative estimate of drug-likeness (QED) is 0.609. The van der Waals surface area contributed by atoms with E-state index in [-0.39, 0.29) is 5.69 Å². The maximum atomic E-state index is 13.5. The Morgan fingerprint density at radius 2 is 2.09 bits per heavy atom. The molecule has 4 aromatic rings. The van der Waals surface area contributed by atoms with Crippen molar-refractivity contribution in [1.29, 1.82) is 0 Å². The highest BCUT2D eigenvalue weighted by Crippen LogP contribution is 2.32. The largest absolute Gasteiger partial charge is 0.390 e. The molecule has 3 aromatic heterocycles. The molecule has 118 valence electrons. The van der Waals surface area contributed by atoms with Crippen molar-refractivity contribution < 1.29 is 18.3 Å². The van der Waals surface area contributed by atoms with E-state index < -0.39 is 19.0 Å². The molecule has 2 N–H and O–H groups in total. The number of halogens is 3. The molecule has 3 heterocycles. The van der Waals surface area contributed by atoms with Crippen LogP contribution >= 0.6 is 0 Å². The van der Waals surface area contributed by atoms with E-state index in [1.54, 1.807) is 10.6 Å². The summed E-state index contributed by atoms with van der Waals surface area (Å²) in [5.74, 6) is -0.420. The van der Waals surface area contributed by atoms with Gasteiger partial charge in [-0.1, -0.05) is 0 Å². The second kappa shape index (κ2) is 4.85. The summed E-state index contributed by atoms with van der Waals surface area (Å²) in [6.45, 7) is -3.33. The van der Waals surface area contributed by atoms with Crippen molar-refractivity contribution in [1.82, 2.24) is 24.5 Å². The van der Waals surface area contributed by atoms with Gasteiger partial charge in [-0.15, -0.1) is 0 Å². The smallest absolute Gasteiger partial charge is 0.333 e. The van der Waals surface area contributed by atoms with Crippen LogP contribution in [0.25, 0.3) is 27.6 Å². The van der Waals surface area contributed by atoms with Gasteiger partial charge in [-0.3, -0.25) is 5.10 Å². The zero-order valence-electron chi connectivity index (χ0n) is 11.5. The molecule has 0 aliphatic rings. The SMILES string of the molecule is OCc1nn(C(F)F)cc1-n1c2ccc(F)cc2c2[nH]ncc21. The van der Waals surface area contributed by atoms with Crippen LogP contribution in [-0.2, 0) is 6.61 Å². The number of benzene rings is 1. The number of nitrogens with one attached hydrogen (secondary N) is 1. The van der Waals surface area contributed by atoms with E-state index in [0.717, 1.165) is 6.20 Å². The van der Waals surface area contributed by atoms with Crippen LogP contribution in [-0.4, -0.2) is 29.7 Å². The summed E-state index contributed by atoms with van der Waals surface area (Å²) in [4.78, 5) is 0. The molecule has 0 radical (unpaired) electrons. The third-order valence-electron chi connectivity index (χ3n) is 3.71. The number of fused-ring (bicyclic) bond motifs is 3. The monoisotopic (exact) mass is 321 g/mol. The molecule has 0 aliphatic carbocycles. The Bertz CT molecular complexity index is 1020. The first-order valence-electron chi connectivity index (χ1n) is 6.70. The van der Waals surface area contributed by atoms with Crippen LogP contribution in [0.2, 0.25) is 0 Å². The number of rotatable bonds is 3. The number of alkyl halides is 2. The fourth-order valence-electron chi connectivity index (χ4n) is 2.76. The Labute approximate surface area is 126 Å². The molecule has 0 spiro atoms. The lowest BCUT2D eigenvalue weighted by molar-refractivity contribution is 0.0556. The summed E-state index contributed by atoms with van der Waals surface area (Å²) in [5.41, 5.74) is 2.14. The molecule has 6 nitrogen and oxygen atoms in total. The number of hydrogen-bond donors (Lipinski definition) is 2. The molecule has 0 aliphatic heterocycles. The first-order chi connectivity index (χ1) is 11.1. The minimum Gasteiger partial charge on any atom is -0.390 e. The summed E-state index contributed by atoms with van der Waals surface area (Å²) in [6, 6.07) is 4.16. The zero-order chi connectivity index (χ0) is 16.1. The summed E-state index contributed by atoms with van der Waals surface area (Å²) in [5, 5.41) is 20.4. The molecule has 0 saturated heterocycles. The van der Waals surface area contributed by atoms with E-state index in [4.69, 9.17) is 0 Å². The third-order valence-corrected chi connectivity index (χ3v) is 3.71. The van der Waals surface area contributed by atoms with Crippen molar-refractivity contribution in [3.8, 4) is 5.69 Å². The minimum absolute atomic E-state index is 0.0922. The number of H-pyrrole nitrogens is 1. The Kier molecular flexibility index (Phi) is 2.91. The highest BCUT2D eigenvalue weighted by atomic mass is 19.3. The van der Waals surface area contributed by atoms with Crippen molar-refractivity contribution in [2.24, 2.45) is 0 Å². The number of nitrogens with zero attached hydrogens (tertiary/aromatic N) is 4. The normalized spacial score (nSPS) is 12.0. The molecule has 9 heteroatoms. The molecular weight excluding hydrogens is 311 g/mol. The van der Waals surface area contributed by atoms with Gasteiger partial charge in [-0.05, 0) is 18.2 Å². The lowest BCUT2D eigenvalue weighted by Crippen LogP contribution is -1.99. The number of aliphatic hydroxyl groups is 1. The van der Waals surface area contributed by atoms with Crippen LogP contribution in [0.1, 0.15) is 12.2 Å². The molecule has 0 unspecified atom stereocenters. The van der Waals surface area contributed by atoms with Crippen molar-refractivity contribution >= 4 is 21.9 Å². The van der Waals surface area contributed by atoms with Gasteiger partial charge in [-0.2, -0.15) is 19.0 Å². The maximum absolute atomic E-state index is 13.5. The van der Waals surface area contributed by atoms with Crippen LogP contribution in [0.5, 0.6) is 0 Å². The molecule has 23 heavy (non-hydrogen) atoms. The Hall–Kier alpha value is -2.81. The Morgan fingerprint density at radius 3 is 2.83 bits per heavy atom. The second-order valence-corrected chi connectivity index (χ2v) is 5.00. The van der Waals surface area contributed by atoms with E-state index in [1.165, 1.54) is 18.3 Å². The first-order valence-corrected chi connectivity index (χ1v) is 6.70. The van der Waals surface area contributed by atoms with Gasteiger partial charge in [0.05, 0.1) is 41.2 Å². The second-order valence-electron chi connectivity index (χ2n) is 5.00. The summed E-state index contributed by atoms with van der Waals surface area (Å²) >= 11 is 0. The molecule has 0 fully saturated rings. The van der Waals surface area contributed by atoms with Crippen LogP contribution in [0.4, 0.5) is 13.2 Å². The standard InChI is InChI=1S/C14H10F3N5O/c15-7-1-2-10-8(3-7)13-11(4-18-19-13)22(10)12-5-21(14(16)17)20-9(12)6-23/h1-5,14,23H,6H2,(H,18,19). The van der Waals surface area contributed by atoms with Crippen molar-refractivity contribution in [3.63, 3.8) is 0 Å². The first kappa shape index (κ1) is 13.8. The van der Waals surface area contributed by atoms with E-state index in [2.05, 4.69) is 15.3 Å². The molecule has 0 bridgehead atoms. The lowest BCUT2D eigenvalue weighted by atomic mass is 10.2. The van der Waals surface area contributed by atoms with Crippen LogP contribution < -0.4 is 0 Å². The van der Waals surface area contributed by atoms with Gasteiger partial charge in [0.25, 0.3) is 0 Å². The molecule has 0 atom stereocenters. The molecule has 1 aromatic carbocycles. The van der Waals surface area contributed by atoms with Crippen molar-refractivity contribution in [2.75, 3.05) is 0 Å². The number of aromatic nitrogens is 5. The van der Waals surface area contributed by atoms with E-state index in [1.807, 2.05) is 0 Å². The third kappa shape index (κ3) is 1.93. The highest BCUT2D eigenvalue weighted by molar-refractivity contribution is 6.06.